The standard InChI is InChI=1S/C25H20F3N5OS/c1-13-4-7-17-22(21(13)14-5-8-19-15(10-14)12-30-24(29-2)32-19)35-33-23(17)31-16-6-9-20(34-3)18(11-16)25(26,27)28/h4-12H,1-3H3,(H,31,33)(H,29,30,32). The molecule has 2 N–H and O–H groups in total. The number of nitrogens with one attached hydrogen (secondary N) is 2. The molecule has 0 fully saturated rings. The number of hydrogen-bond donors (Lipinski definition) is 2. The Labute approximate surface area is 203 Å². The van der Waals surface area contributed by atoms with E-state index in [1.165, 1.54) is 30.8 Å². The highest BCUT2D eigenvalue weighted by Gasteiger charge is 2.34. The Hall–Kier alpha value is -3.92. The molecule has 0 saturated heterocycles. The number of aromatic nitrogens is 3. The van der Waals surface area contributed by atoms with E-state index in [0.717, 1.165) is 43.7 Å². The first-order valence-corrected chi connectivity index (χ1v) is 11.4. The predicted molar refractivity (Wildman–Crippen MR) is 134 cm³/mol. The molecule has 0 amide bonds. The molecule has 2 heterocycles. The Balaban J connectivity index is 1.57. The van der Waals surface area contributed by atoms with Gasteiger partial charge in [-0.3, -0.25) is 0 Å². The van der Waals surface area contributed by atoms with Crippen LogP contribution < -0.4 is 15.4 Å². The highest BCUT2D eigenvalue weighted by atomic mass is 32.1. The lowest BCUT2D eigenvalue weighted by Gasteiger charge is -2.14. The van der Waals surface area contributed by atoms with E-state index in [2.05, 4.69) is 25.0 Å². The molecule has 0 aliphatic carbocycles. The molecule has 0 unspecified atom stereocenters. The third kappa shape index (κ3) is 4.21. The van der Waals surface area contributed by atoms with E-state index in [-0.39, 0.29) is 11.4 Å². The van der Waals surface area contributed by atoms with Crippen molar-refractivity contribution in [3.05, 3.63) is 65.9 Å². The molecule has 10 heteroatoms. The molecule has 3 aromatic carbocycles. The van der Waals surface area contributed by atoms with Gasteiger partial charge < -0.3 is 15.4 Å². The van der Waals surface area contributed by atoms with Gasteiger partial charge in [0.15, 0.2) is 5.82 Å². The van der Waals surface area contributed by atoms with Crippen LogP contribution in [0.4, 0.5) is 30.6 Å². The van der Waals surface area contributed by atoms with Crippen LogP contribution in [0.2, 0.25) is 0 Å². The first-order chi connectivity index (χ1) is 16.8. The number of ether oxygens (including phenoxy) is 1. The van der Waals surface area contributed by atoms with Crippen molar-refractivity contribution in [3.63, 3.8) is 0 Å². The maximum atomic E-state index is 13.5. The summed E-state index contributed by atoms with van der Waals surface area (Å²) in [5.41, 5.74) is 3.31. The summed E-state index contributed by atoms with van der Waals surface area (Å²) in [6.45, 7) is 2.02. The van der Waals surface area contributed by atoms with Gasteiger partial charge in [0.1, 0.15) is 5.75 Å². The third-order valence-electron chi connectivity index (χ3n) is 5.71. The van der Waals surface area contributed by atoms with Crippen LogP contribution in [0.1, 0.15) is 11.1 Å². The molecular weight excluding hydrogens is 475 g/mol. The maximum absolute atomic E-state index is 13.5. The quantitative estimate of drug-likeness (QED) is 0.273. The van der Waals surface area contributed by atoms with Crippen LogP contribution in [0.5, 0.6) is 5.75 Å². The highest BCUT2D eigenvalue weighted by Crippen LogP contribution is 2.41. The molecule has 178 valence electrons. The van der Waals surface area contributed by atoms with E-state index >= 15 is 0 Å². The number of aryl methyl sites for hydroxylation is 1. The second-order valence-electron chi connectivity index (χ2n) is 7.92. The lowest BCUT2D eigenvalue weighted by atomic mass is 9.98. The Bertz CT molecular complexity index is 1560. The minimum absolute atomic E-state index is 0.230. The van der Waals surface area contributed by atoms with E-state index in [4.69, 9.17) is 4.74 Å². The van der Waals surface area contributed by atoms with Crippen molar-refractivity contribution in [2.75, 3.05) is 24.8 Å². The van der Waals surface area contributed by atoms with Crippen LogP contribution >= 0.6 is 11.5 Å². The first-order valence-electron chi connectivity index (χ1n) is 10.6. The monoisotopic (exact) mass is 495 g/mol. The highest BCUT2D eigenvalue weighted by molar-refractivity contribution is 7.14. The lowest BCUT2D eigenvalue weighted by Crippen LogP contribution is -2.08. The van der Waals surface area contributed by atoms with Crippen LogP contribution in [0.15, 0.2) is 54.7 Å². The molecule has 0 aliphatic rings. The number of methoxy groups -OCH3 is 1. The van der Waals surface area contributed by atoms with Crippen LogP contribution in [-0.4, -0.2) is 28.5 Å². The predicted octanol–water partition coefficient (Wildman–Crippen LogP) is 7.03. The SMILES string of the molecule is CNc1ncc2cc(-c3c(C)ccc4c(Nc5ccc(OC)c(C(F)(F)F)c5)nsc34)ccc2n1. The largest absolute Gasteiger partial charge is 0.496 e. The molecule has 0 spiro atoms. The van der Waals surface area contributed by atoms with E-state index in [0.29, 0.717) is 11.8 Å². The number of rotatable bonds is 5. The number of benzene rings is 3. The van der Waals surface area contributed by atoms with Crippen molar-refractivity contribution in [1.82, 2.24) is 14.3 Å². The van der Waals surface area contributed by atoms with E-state index in [1.54, 1.807) is 13.2 Å². The summed E-state index contributed by atoms with van der Waals surface area (Å²) in [7, 11) is 2.98. The average Bonchev–Trinajstić information content (AvgIpc) is 3.25. The van der Waals surface area contributed by atoms with Crippen molar-refractivity contribution in [2.45, 2.75) is 13.1 Å². The summed E-state index contributed by atoms with van der Waals surface area (Å²) in [6, 6.07) is 13.8. The van der Waals surface area contributed by atoms with Gasteiger partial charge in [-0.1, -0.05) is 12.1 Å². The zero-order valence-electron chi connectivity index (χ0n) is 19.0. The zero-order valence-corrected chi connectivity index (χ0v) is 19.8. The summed E-state index contributed by atoms with van der Waals surface area (Å²) in [4.78, 5) is 8.77. The van der Waals surface area contributed by atoms with E-state index in [1.807, 2.05) is 37.3 Å². The second kappa shape index (κ2) is 8.70. The first kappa shape index (κ1) is 22.9. The van der Waals surface area contributed by atoms with Crippen molar-refractivity contribution in [3.8, 4) is 16.9 Å². The Kier molecular flexibility index (Phi) is 5.68. The molecule has 0 radical (unpaired) electrons. The maximum Gasteiger partial charge on any atom is 0.420 e. The van der Waals surface area contributed by atoms with Gasteiger partial charge in [0.05, 0.1) is 22.9 Å². The Morgan fingerprint density at radius 2 is 1.86 bits per heavy atom. The van der Waals surface area contributed by atoms with E-state index < -0.39 is 11.7 Å². The fraction of sp³-hybridized carbons (Fsp3) is 0.160. The van der Waals surface area contributed by atoms with Crippen molar-refractivity contribution in [2.24, 2.45) is 0 Å². The topological polar surface area (TPSA) is 72.0 Å². The molecular formula is C25H20F3N5OS. The number of fused-ring (bicyclic) bond motifs is 2. The average molecular weight is 496 g/mol. The molecule has 2 aromatic heterocycles. The molecule has 35 heavy (non-hydrogen) atoms. The summed E-state index contributed by atoms with van der Waals surface area (Å²) < 4.78 is 50.7. The second-order valence-corrected chi connectivity index (χ2v) is 8.69. The minimum atomic E-state index is -4.54. The number of halogens is 3. The number of hydrogen-bond acceptors (Lipinski definition) is 7. The zero-order chi connectivity index (χ0) is 24.7. The van der Waals surface area contributed by atoms with Gasteiger partial charge >= 0.3 is 6.18 Å². The minimum Gasteiger partial charge on any atom is -0.496 e. The van der Waals surface area contributed by atoms with Crippen LogP contribution in [-0.2, 0) is 6.18 Å². The molecule has 0 saturated carbocycles. The van der Waals surface area contributed by atoms with E-state index in [9.17, 15) is 13.2 Å². The van der Waals surface area contributed by atoms with Crippen LogP contribution in [0, 0.1) is 6.92 Å². The molecule has 6 nitrogen and oxygen atoms in total. The number of anilines is 3. The Morgan fingerprint density at radius 1 is 1.03 bits per heavy atom. The molecule has 5 rings (SSSR count). The fourth-order valence-corrected chi connectivity index (χ4v) is 4.96. The molecule has 5 aromatic rings. The van der Waals surface area contributed by atoms with Gasteiger partial charge in [-0.15, -0.1) is 0 Å². The Morgan fingerprint density at radius 3 is 2.60 bits per heavy atom. The number of nitrogens with zero attached hydrogens (tertiary/aromatic N) is 3. The number of alkyl halides is 3. The van der Waals surface area contributed by atoms with Gasteiger partial charge in [0.25, 0.3) is 0 Å². The van der Waals surface area contributed by atoms with Crippen molar-refractivity contribution < 1.29 is 17.9 Å². The molecule has 0 bridgehead atoms. The van der Waals surface area contributed by atoms with Crippen molar-refractivity contribution >= 4 is 50.0 Å². The smallest absolute Gasteiger partial charge is 0.420 e. The van der Waals surface area contributed by atoms with Crippen molar-refractivity contribution in [1.29, 1.82) is 0 Å². The lowest BCUT2D eigenvalue weighted by molar-refractivity contribution is -0.138. The van der Waals surface area contributed by atoms with Crippen LogP contribution in [0.3, 0.4) is 0 Å². The van der Waals surface area contributed by atoms with Gasteiger partial charge in [0, 0.05) is 35.3 Å². The van der Waals surface area contributed by atoms with Gasteiger partial charge in [-0.2, -0.15) is 17.5 Å². The van der Waals surface area contributed by atoms with Gasteiger partial charge in [-0.05, 0) is 66.0 Å². The summed E-state index contributed by atoms with van der Waals surface area (Å²) in [6.07, 6.45) is -2.76. The summed E-state index contributed by atoms with van der Waals surface area (Å²) in [5, 5.41) is 7.70. The van der Waals surface area contributed by atoms with Gasteiger partial charge in [-0.25, -0.2) is 9.97 Å². The summed E-state index contributed by atoms with van der Waals surface area (Å²) >= 11 is 1.30. The normalized spacial score (nSPS) is 11.7. The fourth-order valence-electron chi connectivity index (χ4n) is 4.01. The third-order valence-corrected chi connectivity index (χ3v) is 6.59. The van der Waals surface area contributed by atoms with Gasteiger partial charge in [0.2, 0.25) is 5.95 Å². The molecule has 0 aliphatic heterocycles. The molecule has 0 atom stereocenters. The summed E-state index contributed by atoms with van der Waals surface area (Å²) in [5.74, 6) is 0.812. The van der Waals surface area contributed by atoms with Crippen LogP contribution in [0.25, 0.3) is 32.1 Å².